The zero-order valence-corrected chi connectivity index (χ0v) is 12.4. The van der Waals surface area contributed by atoms with Gasteiger partial charge in [0.05, 0.1) is 6.61 Å². The van der Waals surface area contributed by atoms with Crippen LogP contribution in [-0.2, 0) is 0 Å². The predicted molar refractivity (Wildman–Crippen MR) is 78.7 cm³/mol. The largest absolute Gasteiger partial charge is 0.476 e. The summed E-state index contributed by atoms with van der Waals surface area (Å²) < 4.78 is 5.42. The van der Waals surface area contributed by atoms with Crippen molar-refractivity contribution in [3.63, 3.8) is 0 Å². The Morgan fingerprint density at radius 1 is 1.16 bits per heavy atom. The van der Waals surface area contributed by atoms with Crippen LogP contribution in [-0.4, -0.2) is 55.2 Å². The van der Waals surface area contributed by atoms with E-state index in [1.807, 2.05) is 6.92 Å². The second-order valence-corrected chi connectivity index (χ2v) is 4.64. The molecule has 0 bridgehead atoms. The van der Waals surface area contributed by atoms with Crippen LogP contribution in [0.1, 0.15) is 20.3 Å². The summed E-state index contributed by atoms with van der Waals surface area (Å²) in [5, 5.41) is 0. The van der Waals surface area contributed by atoms with Crippen LogP contribution >= 0.6 is 0 Å². The fourth-order valence-electron chi connectivity index (χ4n) is 1.79. The maximum Gasteiger partial charge on any atom is 0.242 e. The summed E-state index contributed by atoms with van der Waals surface area (Å²) in [6, 6.07) is 0. The molecule has 0 aliphatic carbocycles. The molecule has 19 heavy (non-hydrogen) atoms. The minimum absolute atomic E-state index is 0.471. The summed E-state index contributed by atoms with van der Waals surface area (Å²) in [7, 11) is 4.11. The molecule has 1 aromatic heterocycles. The molecule has 0 aliphatic heterocycles. The van der Waals surface area contributed by atoms with Crippen molar-refractivity contribution in [2.75, 3.05) is 51.0 Å². The first-order chi connectivity index (χ1) is 9.10. The monoisotopic (exact) mass is 267 g/mol. The maximum absolute atomic E-state index is 6.10. The van der Waals surface area contributed by atoms with Gasteiger partial charge in [0.15, 0.2) is 5.82 Å². The van der Waals surface area contributed by atoms with Crippen molar-refractivity contribution in [2.45, 2.75) is 20.3 Å². The Labute approximate surface area is 115 Å². The van der Waals surface area contributed by atoms with Crippen LogP contribution < -0.4 is 15.4 Å². The summed E-state index contributed by atoms with van der Waals surface area (Å²) in [6.07, 6.45) is 2.55. The van der Waals surface area contributed by atoms with Crippen molar-refractivity contribution < 1.29 is 4.74 Å². The summed E-state index contributed by atoms with van der Waals surface area (Å²) in [4.78, 5) is 12.7. The highest BCUT2D eigenvalue weighted by Crippen LogP contribution is 2.27. The van der Waals surface area contributed by atoms with Crippen LogP contribution in [0.3, 0.4) is 0 Å². The normalized spacial score (nSPS) is 10.8. The molecule has 6 heteroatoms. The smallest absolute Gasteiger partial charge is 0.242 e. The van der Waals surface area contributed by atoms with Crippen molar-refractivity contribution in [3.05, 3.63) is 6.33 Å². The summed E-state index contributed by atoms with van der Waals surface area (Å²) in [5.41, 5.74) is 6.63. The number of hydrogen-bond acceptors (Lipinski definition) is 6. The van der Waals surface area contributed by atoms with Crippen LogP contribution in [0.5, 0.6) is 5.88 Å². The van der Waals surface area contributed by atoms with E-state index >= 15 is 0 Å². The number of likely N-dealkylation sites (N-methyl/N-ethyl adjacent to an activating group) is 1. The Morgan fingerprint density at radius 3 is 2.47 bits per heavy atom. The molecule has 0 spiro atoms. The second kappa shape index (κ2) is 7.78. The van der Waals surface area contributed by atoms with Gasteiger partial charge < -0.3 is 20.3 Å². The highest BCUT2D eigenvalue weighted by atomic mass is 16.5. The molecular formula is C13H25N5O. The van der Waals surface area contributed by atoms with Crippen LogP contribution in [0, 0.1) is 0 Å². The quantitative estimate of drug-likeness (QED) is 0.764. The lowest BCUT2D eigenvalue weighted by Crippen LogP contribution is -2.33. The van der Waals surface area contributed by atoms with E-state index in [1.54, 1.807) is 0 Å². The van der Waals surface area contributed by atoms with Crippen molar-refractivity contribution in [2.24, 2.45) is 0 Å². The van der Waals surface area contributed by atoms with Gasteiger partial charge in [0.1, 0.15) is 12.0 Å². The summed E-state index contributed by atoms with van der Waals surface area (Å²) in [5.74, 6) is 1.24. The summed E-state index contributed by atoms with van der Waals surface area (Å²) >= 11 is 0. The van der Waals surface area contributed by atoms with E-state index < -0.39 is 0 Å². The zero-order chi connectivity index (χ0) is 14.3. The SMILES string of the molecule is CCCN(CCN(C)C)c1ncnc(OCC)c1N. The number of nitrogens with zero attached hydrogens (tertiary/aromatic N) is 4. The molecule has 0 unspecified atom stereocenters. The zero-order valence-electron chi connectivity index (χ0n) is 12.4. The molecule has 0 amide bonds. The van der Waals surface area contributed by atoms with Gasteiger partial charge in [-0.2, -0.15) is 4.98 Å². The third-order valence-electron chi connectivity index (χ3n) is 2.72. The molecular weight excluding hydrogens is 242 g/mol. The molecule has 6 nitrogen and oxygen atoms in total. The van der Waals surface area contributed by atoms with Gasteiger partial charge in [-0.05, 0) is 27.4 Å². The summed E-state index contributed by atoms with van der Waals surface area (Å²) in [6.45, 7) is 7.36. The fourth-order valence-corrected chi connectivity index (χ4v) is 1.79. The van der Waals surface area contributed by atoms with Crippen LogP contribution in [0.2, 0.25) is 0 Å². The molecule has 0 fully saturated rings. The lowest BCUT2D eigenvalue weighted by Gasteiger charge is -2.26. The van der Waals surface area contributed by atoms with E-state index in [0.29, 0.717) is 18.2 Å². The van der Waals surface area contributed by atoms with Gasteiger partial charge >= 0.3 is 0 Å². The van der Waals surface area contributed by atoms with E-state index in [9.17, 15) is 0 Å². The third-order valence-corrected chi connectivity index (χ3v) is 2.72. The first kappa shape index (κ1) is 15.5. The van der Waals surface area contributed by atoms with E-state index in [2.05, 4.69) is 40.8 Å². The number of hydrogen-bond donors (Lipinski definition) is 1. The van der Waals surface area contributed by atoms with E-state index in [-0.39, 0.29) is 0 Å². The number of aromatic nitrogens is 2. The molecule has 2 N–H and O–H groups in total. The molecule has 1 aromatic rings. The van der Waals surface area contributed by atoms with Crippen molar-refractivity contribution >= 4 is 11.5 Å². The van der Waals surface area contributed by atoms with Gasteiger partial charge in [0.2, 0.25) is 5.88 Å². The van der Waals surface area contributed by atoms with E-state index in [1.165, 1.54) is 6.33 Å². The molecule has 1 rings (SSSR count). The number of nitrogen functional groups attached to an aromatic ring is 1. The van der Waals surface area contributed by atoms with Gasteiger partial charge in [0, 0.05) is 19.6 Å². The molecule has 0 aliphatic rings. The van der Waals surface area contributed by atoms with Gasteiger partial charge in [-0.25, -0.2) is 4.98 Å². The van der Waals surface area contributed by atoms with Crippen molar-refractivity contribution in [1.82, 2.24) is 14.9 Å². The van der Waals surface area contributed by atoms with Crippen LogP contribution in [0.25, 0.3) is 0 Å². The van der Waals surface area contributed by atoms with Crippen molar-refractivity contribution in [3.8, 4) is 5.88 Å². The third kappa shape index (κ3) is 4.55. The highest BCUT2D eigenvalue weighted by Gasteiger charge is 2.15. The fraction of sp³-hybridized carbons (Fsp3) is 0.692. The lowest BCUT2D eigenvalue weighted by molar-refractivity contribution is 0.328. The predicted octanol–water partition coefficient (Wildman–Crippen LogP) is 1.24. The standard InChI is InChI=1S/C13H25N5O/c1-5-7-18(9-8-17(3)4)12-11(14)13(19-6-2)16-10-15-12/h10H,5-9,14H2,1-4H3. The topological polar surface area (TPSA) is 67.5 Å². The van der Waals surface area contributed by atoms with E-state index in [4.69, 9.17) is 10.5 Å². The van der Waals surface area contributed by atoms with Crippen molar-refractivity contribution in [1.29, 1.82) is 0 Å². The Bertz CT molecular complexity index is 383. The Morgan fingerprint density at radius 2 is 1.89 bits per heavy atom. The molecule has 0 saturated carbocycles. The molecule has 108 valence electrons. The van der Waals surface area contributed by atoms with Crippen LogP contribution in [0.15, 0.2) is 6.33 Å². The average molecular weight is 267 g/mol. The lowest BCUT2D eigenvalue weighted by atomic mass is 10.3. The van der Waals surface area contributed by atoms with Gasteiger partial charge in [0.25, 0.3) is 0 Å². The first-order valence-electron chi connectivity index (χ1n) is 6.73. The van der Waals surface area contributed by atoms with Crippen LogP contribution in [0.4, 0.5) is 11.5 Å². The Kier molecular flexibility index (Phi) is 6.35. The Balaban J connectivity index is 2.91. The van der Waals surface area contributed by atoms with Gasteiger partial charge in [-0.3, -0.25) is 0 Å². The minimum Gasteiger partial charge on any atom is -0.476 e. The molecule has 0 radical (unpaired) electrons. The molecule has 0 aromatic carbocycles. The number of rotatable bonds is 8. The number of anilines is 2. The van der Waals surface area contributed by atoms with E-state index in [0.717, 1.165) is 31.9 Å². The minimum atomic E-state index is 0.471. The molecule has 0 atom stereocenters. The second-order valence-electron chi connectivity index (χ2n) is 4.64. The number of nitrogens with two attached hydrogens (primary N) is 1. The average Bonchev–Trinajstić information content (AvgIpc) is 2.37. The van der Waals surface area contributed by atoms with Gasteiger partial charge in [-0.15, -0.1) is 0 Å². The Hall–Kier alpha value is -1.56. The van der Waals surface area contributed by atoms with Gasteiger partial charge in [-0.1, -0.05) is 6.92 Å². The molecule has 1 heterocycles. The maximum atomic E-state index is 6.10. The highest BCUT2D eigenvalue weighted by molar-refractivity contribution is 5.67. The molecule has 0 saturated heterocycles. The number of ether oxygens (including phenoxy) is 1. The first-order valence-corrected chi connectivity index (χ1v) is 6.73.